The Hall–Kier alpha value is -3.41. The molecule has 6 nitrogen and oxygen atoms in total. The minimum absolute atomic E-state index is 0.0979. The highest BCUT2D eigenvalue weighted by atomic mass is 16.5. The van der Waals surface area contributed by atoms with Crippen LogP contribution >= 0.6 is 0 Å². The van der Waals surface area contributed by atoms with Crippen molar-refractivity contribution in [1.29, 1.82) is 0 Å². The summed E-state index contributed by atoms with van der Waals surface area (Å²) in [5.74, 6) is -0.778. The van der Waals surface area contributed by atoms with Crippen molar-refractivity contribution in [1.82, 2.24) is 5.32 Å². The minimum Gasteiger partial charge on any atom is -0.497 e. The molecule has 25 heavy (non-hydrogen) atoms. The van der Waals surface area contributed by atoms with Gasteiger partial charge in [0.25, 0.3) is 11.8 Å². The predicted molar refractivity (Wildman–Crippen MR) is 93.2 cm³/mol. The van der Waals surface area contributed by atoms with Gasteiger partial charge in [0.15, 0.2) is 0 Å². The molecular formula is C19H16N2O4. The average Bonchev–Trinajstić information content (AvgIpc) is 2.60. The van der Waals surface area contributed by atoms with Gasteiger partial charge in [-0.1, -0.05) is 29.8 Å². The maximum absolute atomic E-state index is 12.7. The van der Waals surface area contributed by atoms with E-state index in [0.29, 0.717) is 17.0 Å². The van der Waals surface area contributed by atoms with Gasteiger partial charge in [0.1, 0.15) is 11.3 Å². The van der Waals surface area contributed by atoms with Gasteiger partial charge in [-0.25, -0.2) is 9.69 Å². The molecule has 1 N–H and O–H groups in total. The summed E-state index contributed by atoms with van der Waals surface area (Å²) in [4.78, 5) is 37.9. The van der Waals surface area contributed by atoms with Crippen molar-refractivity contribution in [2.24, 2.45) is 0 Å². The van der Waals surface area contributed by atoms with E-state index in [9.17, 15) is 14.4 Å². The second-order valence-electron chi connectivity index (χ2n) is 5.57. The van der Waals surface area contributed by atoms with Gasteiger partial charge in [0.05, 0.1) is 12.8 Å². The summed E-state index contributed by atoms with van der Waals surface area (Å²) in [7, 11) is 1.52. The first kappa shape index (κ1) is 16.4. The van der Waals surface area contributed by atoms with Gasteiger partial charge in [-0.05, 0) is 42.8 Å². The number of benzene rings is 2. The zero-order valence-electron chi connectivity index (χ0n) is 13.8. The number of amides is 4. The molecule has 0 saturated carbocycles. The van der Waals surface area contributed by atoms with Crippen LogP contribution in [0, 0.1) is 6.92 Å². The lowest BCUT2D eigenvalue weighted by molar-refractivity contribution is -0.122. The van der Waals surface area contributed by atoms with Crippen molar-refractivity contribution in [3.63, 3.8) is 0 Å². The second kappa shape index (κ2) is 6.60. The van der Waals surface area contributed by atoms with Crippen LogP contribution in [0.3, 0.4) is 0 Å². The molecule has 2 aromatic carbocycles. The molecule has 0 aliphatic carbocycles. The molecule has 0 spiro atoms. The van der Waals surface area contributed by atoms with Crippen LogP contribution in [0.1, 0.15) is 11.1 Å². The molecule has 6 heteroatoms. The minimum atomic E-state index is -0.777. The number of carbonyl (C=O) groups excluding carboxylic acids is 3. The Kier molecular flexibility index (Phi) is 4.35. The Morgan fingerprint density at radius 3 is 2.20 bits per heavy atom. The number of nitrogens with one attached hydrogen (secondary N) is 1. The number of barbiturate groups is 1. The van der Waals surface area contributed by atoms with Crippen LogP contribution in [0.4, 0.5) is 10.5 Å². The number of imide groups is 2. The van der Waals surface area contributed by atoms with E-state index in [2.05, 4.69) is 5.32 Å². The SMILES string of the molecule is COc1ccc(N2C(=O)NC(=O)/C(=C/c3ccc(C)cc3)C2=O)cc1. The Labute approximate surface area is 144 Å². The van der Waals surface area contributed by atoms with Crippen molar-refractivity contribution >= 4 is 29.6 Å². The lowest BCUT2D eigenvalue weighted by Gasteiger charge is -2.26. The molecule has 0 atom stereocenters. The number of hydrogen-bond donors (Lipinski definition) is 1. The molecule has 0 aromatic heterocycles. The Morgan fingerprint density at radius 2 is 1.60 bits per heavy atom. The second-order valence-corrected chi connectivity index (χ2v) is 5.57. The molecule has 1 heterocycles. The molecular weight excluding hydrogens is 320 g/mol. The number of anilines is 1. The molecule has 0 bridgehead atoms. The number of nitrogens with zero attached hydrogens (tertiary/aromatic N) is 1. The first-order valence-corrected chi connectivity index (χ1v) is 7.62. The topological polar surface area (TPSA) is 75.7 Å². The molecule has 126 valence electrons. The molecule has 3 rings (SSSR count). The summed E-state index contributed by atoms with van der Waals surface area (Å²) >= 11 is 0. The average molecular weight is 336 g/mol. The fourth-order valence-corrected chi connectivity index (χ4v) is 2.45. The molecule has 4 amide bonds. The van der Waals surface area contributed by atoms with Crippen molar-refractivity contribution < 1.29 is 19.1 Å². The third kappa shape index (κ3) is 3.28. The van der Waals surface area contributed by atoms with E-state index in [4.69, 9.17) is 4.74 Å². The third-order valence-corrected chi connectivity index (χ3v) is 3.82. The molecule has 2 aromatic rings. The largest absolute Gasteiger partial charge is 0.497 e. The molecule has 1 aliphatic heterocycles. The number of rotatable bonds is 3. The van der Waals surface area contributed by atoms with E-state index in [0.717, 1.165) is 10.5 Å². The lowest BCUT2D eigenvalue weighted by atomic mass is 10.1. The number of ether oxygens (including phenoxy) is 1. The van der Waals surface area contributed by atoms with Crippen molar-refractivity contribution in [3.8, 4) is 5.75 Å². The van der Waals surface area contributed by atoms with Crippen LogP contribution in [0.25, 0.3) is 6.08 Å². The standard InChI is InChI=1S/C19H16N2O4/c1-12-3-5-13(6-4-12)11-16-17(22)20-19(24)21(18(16)23)14-7-9-15(25-2)10-8-14/h3-11H,1-2H3,(H,20,22,24)/b16-11-. The summed E-state index contributed by atoms with van der Waals surface area (Å²) in [5, 5.41) is 2.20. The molecule has 1 aliphatic rings. The zero-order valence-corrected chi connectivity index (χ0v) is 13.8. The Balaban J connectivity index is 1.97. The van der Waals surface area contributed by atoms with Gasteiger partial charge >= 0.3 is 6.03 Å². The van der Waals surface area contributed by atoms with Crippen LogP contribution in [-0.4, -0.2) is 25.0 Å². The van der Waals surface area contributed by atoms with Gasteiger partial charge in [0, 0.05) is 0 Å². The molecule has 0 radical (unpaired) electrons. The van der Waals surface area contributed by atoms with Crippen LogP contribution in [0.5, 0.6) is 5.75 Å². The van der Waals surface area contributed by atoms with Gasteiger partial charge in [0.2, 0.25) is 0 Å². The first-order chi connectivity index (χ1) is 12.0. The quantitative estimate of drug-likeness (QED) is 0.691. The maximum atomic E-state index is 12.7. The van der Waals surface area contributed by atoms with E-state index in [1.807, 2.05) is 19.1 Å². The number of urea groups is 1. The molecule has 1 saturated heterocycles. The van der Waals surface area contributed by atoms with E-state index in [-0.39, 0.29) is 5.57 Å². The first-order valence-electron chi connectivity index (χ1n) is 7.62. The summed E-state index contributed by atoms with van der Waals surface area (Å²) in [6.45, 7) is 1.94. The van der Waals surface area contributed by atoms with E-state index >= 15 is 0 Å². The number of carbonyl (C=O) groups is 3. The fourth-order valence-electron chi connectivity index (χ4n) is 2.45. The van der Waals surface area contributed by atoms with Crippen molar-refractivity contribution in [2.45, 2.75) is 6.92 Å². The highest BCUT2D eigenvalue weighted by molar-refractivity contribution is 6.39. The lowest BCUT2D eigenvalue weighted by Crippen LogP contribution is -2.54. The van der Waals surface area contributed by atoms with Crippen LogP contribution in [-0.2, 0) is 9.59 Å². The highest BCUT2D eigenvalue weighted by Gasteiger charge is 2.36. The third-order valence-electron chi connectivity index (χ3n) is 3.82. The summed E-state index contributed by atoms with van der Waals surface area (Å²) < 4.78 is 5.07. The van der Waals surface area contributed by atoms with Crippen LogP contribution in [0.2, 0.25) is 0 Å². The van der Waals surface area contributed by atoms with E-state index < -0.39 is 17.8 Å². The molecule has 0 unspecified atom stereocenters. The van der Waals surface area contributed by atoms with Gasteiger partial charge in [-0.3, -0.25) is 14.9 Å². The monoisotopic (exact) mass is 336 g/mol. The van der Waals surface area contributed by atoms with Gasteiger partial charge in [-0.15, -0.1) is 0 Å². The number of aryl methyl sites for hydroxylation is 1. The molecule has 1 fully saturated rings. The zero-order chi connectivity index (χ0) is 18.0. The summed E-state index contributed by atoms with van der Waals surface area (Å²) in [5.41, 5.74) is 2.02. The normalized spacial score (nSPS) is 16.2. The summed E-state index contributed by atoms with van der Waals surface area (Å²) in [6, 6.07) is 13.0. The van der Waals surface area contributed by atoms with Crippen molar-refractivity contribution in [2.75, 3.05) is 12.0 Å². The predicted octanol–water partition coefficient (Wildman–Crippen LogP) is 2.67. The Morgan fingerprint density at radius 1 is 0.960 bits per heavy atom. The van der Waals surface area contributed by atoms with Gasteiger partial charge < -0.3 is 4.74 Å². The van der Waals surface area contributed by atoms with Crippen molar-refractivity contribution in [3.05, 3.63) is 65.2 Å². The number of methoxy groups -OCH3 is 1. The maximum Gasteiger partial charge on any atom is 0.335 e. The van der Waals surface area contributed by atoms with Gasteiger partial charge in [-0.2, -0.15) is 0 Å². The number of hydrogen-bond acceptors (Lipinski definition) is 4. The van der Waals surface area contributed by atoms with Crippen LogP contribution in [0.15, 0.2) is 54.1 Å². The highest BCUT2D eigenvalue weighted by Crippen LogP contribution is 2.24. The fraction of sp³-hybridized carbons (Fsp3) is 0.105. The Bertz CT molecular complexity index is 867. The van der Waals surface area contributed by atoms with Crippen LogP contribution < -0.4 is 15.0 Å². The summed E-state index contributed by atoms with van der Waals surface area (Å²) in [6.07, 6.45) is 1.47. The smallest absolute Gasteiger partial charge is 0.335 e. The van der Waals surface area contributed by atoms with E-state index in [1.165, 1.54) is 13.2 Å². The van der Waals surface area contributed by atoms with E-state index in [1.54, 1.807) is 36.4 Å².